The van der Waals surface area contributed by atoms with Crippen LogP contribution in [0.5, 0.6) is 0 Å². The molecule has 1 aromatic carbocycles. The molecule has 0 aromatic heterocycles. The van der Waals surface area contributed by atoms with Crippen molar-refractivity contribution in [2.75, 3.05) is 19.7 Å². The molecule has 2 heterocycles. The molecule has 2 fully saturated rings. The molecule has 0 aliphatic carbocycles. The van der Waals surface area contributed by atoms with Gasteiger partial charge >= 0.3 is 0 Å². The maximum Gasteiger partial charge on any atom is 0.282 e. The van der Waals surface area contributed by atoms with Crippen LogP contribution in [0.15, 0.2) is 30.3 Å². The summed E-state index contributed by atoms with van der Waals surface area (Å²) in [5.74, 6) is 0.603. The molecule has 2 aliphatic heterocycles. The Labute approximate surface area is 158 Å². The van der Waals surface area contributed by atoms with Crippen molar-refractivity contribution in [3.8, 4) is 0 Å². The standard InChI is InChI=1S/C20H32N2O3S/c1-17-9-12-21(13-10-17)26(23,24)22(16-18-7-5-4-6-8-18)19-11-14-25-20(2,3)15-19/h4-8,17,19H,9-16H2,1-3H3/t19-/m0/s1. The van der Waals surface area contributed by atoms with Crippen LogP contribution in [0.25, 0.3) is 0 Å². The van der Waals surface area contributed by atoms with Gasteiger partial charge in [-0.15, -0.1) is 0 Å². The molecular weight excluding hydrogens is 348 g/mol. The highest BCUT2D eigenvalue weighted by Gasteiger charge is 2.40. The van der Waals surface area contributed by atoms with Crippen LogP contribution in [0.1, 0.15) is 52.0 Å². The van der Waals surface area contributed by atoms with Crippen LogP contribution in [0.2, 0.25) is 0 Å². The normalized spacial score (nSPS) is 25.5. The zero-order valence-corrected chi connectivity index (χ0v) is 17.0. The summed E-state index contributed by atoms with van der Waals surface area (Å²) in [4.78, 5) is 0. The average molecular weight is 381 g/mol. The minimum atomic E-state index is -3.48. The quantitative estimate of drug-likeness (QED) is 0.786. The van der Waals surface area contributed by atoms with E-state index in [2.05, 4.69) is 20.8 Å². The van der Waals surface area contributed by atoms with Gasteiger partial charge in [0, 0.05) is 32.3 Å². The molecule has 0 radical (unpaired) electrons. The van der Waals surface area contributed by atoms with Crippen LogP contribution in [-0.4, -0.2) is 48.4 Å². The summed E-state index contributed by atoms with van der Waals surface area (Å²) in [6, 6.07) is 9.89. The van der Waals surface area contributed by atoms with Crippen molar-refractivity contribution in [3.63, 3.8) is 0 Å². The van der Waals surface area contributed by atoms with Crippen molar-refractivity contribution in [1.29, 1.82) is 0 Å². The number of benzene rings is 1. The van der Waals surface area contributed by atoms with Gasteiger partial charge in [-0.25, -0.2) is 0 Å². The zero-order chi connectivity index (χ0) is 18.8. The summed E-state index contributed by atoms with van der Waals surface area (Å²) < 4.78 is 36.3. The third-order valence-electron chi connectivity index (χ3n) is 5.62. The van der Waals surface area contributed by atoms with Gasteiger partial charge in [-0.1, -0.05) is 37.3 Å². The van der Waals surface area contributed by atoms with E-state index in [1.54, 1.807) is 8.61 Å². The molecule has 0 saturated carbocycles. The third kappa shape index (κ3) is 4.66. The highest BCUT2D eigenvalue weighted by molar-refractivity contribution is 7.86. The molecule has 26 heavy (non-hydrogen) atoms. The second-order valence-electron chi connectivity index (χ2n) is 8.37. The molecule has 0 bridgehead atoms. The van der Waals surface area contributed by atoms with Crippen molar-refractivity contribution >= 4 is 10.2 Å². The Balaban J connectivity index is 1.86. The van der Waals surface area contributed by atoms with Gasteiger partial charge in [-0.2, -0.15) is 17.0 Å². The van der Waals surface area contributed by atoms with Gasteiger partial charge in [0.25, 0.3) is 10.2 Å². The maximum atomic E-state index is 13.5. The largest absolute Gasteiger partial charge is 0.375 e. The van der Waals surface area contributed by atoms with E-state index < -0.39 is 10.2 Å². The summed E-state index contributed by atoms with van der Waals surface area (Å²) >= 11 is 0. The van der Waals surface area contributed by atoms with Gasteiger partial charge in [-0.05, 0) is 51.0 Å². The maximum absolute atomic E-state index is 13.5. The van der Waals surface area contributed by atoms with Gasteiger partial charge < -0.3 is 4.74 Å². The molecule has 3 rings (SSSR count). The van der Waals surface area contributed by atoms with Gasteiger partial charge in [0.1, 0.15) is 0 Å². The smallest absolute Gasteiger partial charge is 0.282 e. The molecule has 0 amide bonds. The first-order chi connectivity index (χ1) is 12.3. The number of ether oxygens (including phenoxy) is 1. The molecule has 2 aliphatic rings. The Morgan fingerprint density at radius 3 is 2.42 bits per heavy atom. The Bertz CT molecular complexity index is 682. The van der Waals surface area contributed by atoms with Crippen LogP contribution in [0.3, 0.4) is 0 Å². The van der Waals surface area contributed by atoms with Crippen molar-refractivity contribution in [3.05, 3.63) is 35.9 Å². The summed E-state index contributed by atoms with van der Waals surface area (Å²) in [6.45, 7) is 8.59. The number of nitrogens with zero attached hydrogens (tertiary/aromatic N) is 2. The van der Waals surface area contributed by atoms with Crippen molar-refractivity contribution in [2.45, 2.75) is 64.6 Å². The van der Waals surface area contributed by atoms with Gasteiger partial charge in [0.2, 0.25) is 0 Å². The van der Waals surface area contributed by atoms with Crippen LogP contribution < -0.4 is 0 Å². The fourth-order valence-electron chi connectivity index (χ4n) is 3.97. The third-order valence-corrected chi connectivity index (χ3v) is 7.66. The van der Waals surface area contributed by atoms with Crippen LogP contribution >= 0.6 is 0 Å². The van der Waals surface area contributed by atoms with E-state index >= 15 is 0 Å². The number of piperidine rings is 1. The number of hydrogen-bond donors (Lipinski definition) is 0. The molecule has 0 spiro atoms. The Hall–Kier alpha value is -0.950. The monoisotopic (exact) mass is 380 g/mol. The number of hydrogen-bond acceptors (Lipinski definition) is 3. The van der Waals surface area contributed by atoms with Gasteiger partial charge in [0.05, 0.1) is 5.60 Å². The van der Waals surface area contributed by atoms with Crippen LogP contribution in [-0.2, 0) is 21.5 Å². The summed E-state index contributed by atoms with van der Waals surface area (Å²) in [6.07, 6.45) is 3.36. The lowest BCUT2D eigenvalue weighted by molar-refractivity contribution is -0.0741. The fourth-order valence-corrected chi connectivity index (χ4v) is 5.81. The first kappa shape index (κ1) is 19.8. The van der Waals surface area contributed by atoms with Gasteiger partial charge in [-0.3, -0.25) is 0 Å². The lowest BCUT2D eigenvalue weighted by atomic mass is 9.94. The molecule has 1 atom stereocenters. The predicted molar refractivity (Wildman–Crippen MR) is 104 cm³/mol. The van der Waals surface area contributed by atoms with E-state index in [-0.39, 0.29) is 11.6 Å². The molecular formula is C20H32N2O3S. The van der Waals surface area contributed by atoms with E-state index in [1.807, 2.05) is 30.3 Å². The number of rotatable bonds is 5. The van der Waals surface area contributed by atoms with Gasteiger partial charge in [0.15, 0.2) is 0 Å². The highest BCUT2D eigenvalue weighted by atomic mass is 32.2. The molecule has 5 nitrogen and oxygen atoms in total. The lowest BCUT2D eigenvalue weighted by Crippen LogP contribution is -2.53. The first-order valence-corrected chi connectivity index (χ1v) is 11.1. The predicted octanol–water partition coefficient (Wildman–Crippen LogP) is 3.42. The van der Waals surface area contributed by atoms with Crippen molar-refractivity contribution in [2.24, 2.45) is 5.92 Å². The Morgan fingerprint density at radius 1 is 1.15 bits per heavy atom. The minimum absolute atomic E-state index is 0.0247. The van der Waals surface area contributed by atoms with E-state index in [0.29, 0.717) is 32.2 Å². The summed E-state index contributed by atoms with van der Waals surface area (Å²) in [7, 11) is -3.48. The molecule has 1 aromatic rings. The van der Waals surface area contributed by atoms with Crippen LogP contribution in [0.4, 0.5) is 0 Å². The lowest BCUT2D eigenvalue weighted by Gasteiger charge is -2.43. The molecule has 6 heteroatoms. The van der Waals surface area contributed by atoms with E-state index in [0.717, 1.165) is 31.2 Å². The highest BCUT2D eigenvalue weighted by Crippen LogP contribution is 2.32. The average Bonchev–Trinajstić information content (AvgIpc) is 2.60. The van der Waals surface area contributed by atoms with E-state index in [9.17, 15) is 8.42 Å². The molecule has 0 unspecified atom stereocenters. The topological polar surface area (TPSA) is 49.9 Å². The fraction of sp³-hybridized carbons (Fsp3) is 0.700. The minimum Gasteiger partial charge on any atom is -0.375 e. The zero-order valence-electron chi connectivity index (χ0n) is 16.2. The van der Waals surface area contributed by atoms with Crippen LogP contribution in [0, 0.1) is 5.92 Å². The molecule has 2 saturated heterocycles. The summed E-state index contributed by atoms with van der Waals surface area (Å²) in [5.41, 5.74) is 0.745. The summed E-state index contributed by atoms with van der Waals surface area (Å²) in [5, 5.41) is 0. The molecule has 0 N–H and O–H groups in total. The Morgan fingerprint density at radius 2 is 1.81 bits per heavy atom. The van der Waals surface area contributed by atoms with E-state index in [4.69, 9.17) is 4.74 Å². The van der Waals surface area contributed by atoms with Crippen molar-refractivity contribution in [1.82, 2.24) is 8.61 Å². The SMILES string of the molecule is CC1CCN(S(=O)(=O)N(Cc2ccccc2)[C@H]2CCOC(C)(C)C2)CC1. The molecule has 146 valence electrons. The Kier molecular flexibility index (Phi) is 6.07. The first-order valence-electron chi connectivity index (χ1n) is 9.73. The second-order valence-corrected chi connectivity index (χ2v) is 10.3. The van der Waals surface area contributed by atoms with E-state index in [1.165, 1.54) is 0 Å². The second kappa shape index (κ2) is 7.97. The van der Waals surface area contributed by atoms with Crippen molar-refractivity contribution < 1.29 is 13.2 Å².